The zero-order valence-electron chi connectivity index (χ0n) is 15.3. The van der Waals surface area contributed by atoms with Crippen LogP contribution in [0.1, 0.15) is 61.0 Å². The summed E-state index contributed by atoms with van der Waals surface area (Å²) in [5, 5.41) is 22.3. The average molecular weight is 391 g/mol. The van der Waals surface area contributed by atoms with Gasteiger partial charge in [-0.05, 0) is 43.4 Å². The van der Waals surface area contributed by atoms with Crippen LogP contribution in [0.15, 0.2) is 24.3 Å². The summed E-state index contributed by atoms with van der Waals surface area (Å²) in [4.78, 5) is 21.3. The van der Waals surface area contributed by atoms with E-state index in [-0.39, 0.29) is 43.2 Å². The number of aromatic carboxylic acids is 1. The minimum atomic E-state index is -3.34. The van der Waals surface area contributed by atoms with Crippen molar-refractivity contribution in [3.63, 3.8) is 0 Å². The predicted octanol–water partition coefficient (Wildman–Crippen LogP) is 2.60. The number of carboxylic acid groups (broad SMARTS) is 1. The Kier molecular flexibility index (Phi) is 10.3. The minimum absolute atomic E-state index is 0. The summed E-state index contributed by atoms with van der Waals surface area (Å²) < 4.78 is 12.4. The number of rotatable bonds is 9. The van der Waals surface area contributed by atoms with Crippen molar-refractivity contribution < 1.29 is 24.5 Å². The van der Waals surface area contributed by atoms with E-state index in [2.05, 4.69) is 5.32 Å². The van der Waals surface area contributed by atoms with Crippen molar-refractivity contribution in [1.82, 2.24) is 5.32 Å². The number of benzene rings is 1. The first-order valence-electron chi connectivity index (χ1n) is 9.32. The Morgan fingerprint density at radius 1 is 1.30 bits per heavy atom. The van der Waals surface area contributed by atoms with Crippen molar-refractivity contribution in [2.24, 2.45) is 5.92 Å². The Morgan fingerprint density at radius 3 is 2.59 bits per heavy atom. The quantitative estimate of drug-likeness (QED) is 0.381. The average Bonchev–Trinajstić information content (AvgIpc) is 2.59. The molecule has 1 aromatic rings. The Bertz CT molecular complexity index is 651. The van der Waals surface area contributed by atoms with Gasteiger partial charge in [0, 0.05) is 18.7 Å². The molecule has 1 saturated carbocycles. The fraction of sp³-hybridized carbons (Fsp3) is 0.632. The van der Waals surface area contributed by atoms with Crippen molar-refractivity contribution in [1.29, 1.82) is 0 Å². The van der Waals surface area contributed by atoms with Crippen LogP contribution in [0.25, 0.3) is 0 Å². The second-order valence-electron chi connectivity index (χ2n) is 7.43. The molecule has 1 aromatic carbocycles. The molecule has 0 amide bonds. The molecular formula is C19H31LiNO5P. The van der Waals surface area contributed by atoms with Gasteiger partial charge in [0.1, 0.15) is 0 Å². The molecule has 0 radical (unpaired) electrons. The second kappa shape index (κ2) is 11.4. The van der Waals surface area contributed by atoms with Crippen LogP contribution in [0, 0.1) is 5.92 Å². The molecule has 2 rings (SSSR count). The molecule has 6 nitrogen and oxygen atoms in total. The summed E-state index contributed by atoms with van der Waals surface area (Å²) in [6.07, 6.45) is 4.78. The van der Waals surface area contributed by atoms with E-state index in [1.165, 1.54) is 12.5 Å². The van der Waals surface area contributed by atoms with Crippen LogP contribution in [0.5, 0.6) is 0 Å². The van der Waals surface area contributed by atoms with Gasteiger partial charge in [-0.3, -0.25) is 4.57 Å². The Morgan fingerprint density at radius 2 is 1.96 bits per heavy atom. The van der Waals surface area contributed by atoms with Crippen LogP contribution in [0.4, 0.5) is 0 Å². The van der Waals surface area contributed by atoms with Crippen molar-refractivity contribution in [3.05, 3.63) is 35.4 Å². The first-order chi connectivity index (χ1) is 12.3. The van der Waals surface area contributed by atoms with Gasteiger partial charge < -0.3 is 20.4 Å². The molecule has 3 atom stereocenters. The molecule has 1 aliphatic rings. The van der Waals surface area contributed by atoms with Gasteiger partial charge in [0.2, 0.25) is 7.37 Å². The summed E-state index contributed by atoms with van der Waals surface area (Å²) in [7, 11) is -3.34. The molecule has 1 aliphatic carbocycles. The van der Waals surface area contributed by atoms with Gasteiger partial charge in [-0.2, -0.15) is 0 Å². The van der Waals surface area contributed by atoms with E-state index in [0.29, 0.717) is 12.1 Å². The SMILES string of the molecule is C[C@H](NC[C@H](O)CP(=O)(O)CC1CCCCC1)c1cccc(C(=O)O)c1.[LiH]. The molecule has 1 unspecified atom stereocenters. The summed E-state index contributed by atoms with van der Waals surface area (Å²) in [6.45, 7) is 2.06. The molecule has 4 N–H and O–H groups in total. The molecule has 0 saturated heterocycles. The van der Waals surface area contributed by atoms with Crippen LogP contribution in [0.3, 0.4) is 0 Å². The maximum absolute atomic E-state index is 12.4. The molecule has 0 aliphatic heterocycles. The van der Waals surface area contributed by atoms with E-state index in [0.717, 1.165) is 31.2 Å². The molecule has 0 aromatic heterocycles. The monoisotopic (exact) mass is 391 g/mol. The third-order valence-corrected chi connectivity index (χ3v) is 7.14. The zero-order chi connectivity index (χ0) is 19.2. The fourth-order valence-corrected chi connectivity index (χ4v) is 5.72. The van der Waals surface area contributed by atoms with E-state index < -0.39 is 19.4 Å². The van der Waals surface area contributed by atoms with Gasteiger partial charge in [0.05, 0.1) is 17.8 Å². The maximum atomic E-state index is 12.4. The third-order valence-electron chi connectivity index (χ3n) is 5.06. The molecule has 0 heterocycles. The van der Waals surface area contributed by atoms with Gasteiger partial charge in [-0.25, -0.2) is 4.79 Å². The fourth-order valence-electron chi connectivity index (χ4n) is 3.61. The summed E-state index contributed by atoms with van der Waals surface area (Å²) in [5.41, 5.74) is 1.01. The van der Waals surface area contributed by atoms with Crippen LogP contribution in [0.2, 0.25) is 0 Å². The summed E-state index contributed by atoms with van der Waals surface area (Å²) in [6, 6.07) is 6.45. The topological polar surface area (TPSA) is 107 Å². The third kappa shape index (κ3) is 8.52. The Balaban J connectivity index is 0.00000364. The molecule has 8 heteroatoms. The number of hydrogen-bond acceptors (Lipinski definition) is 4. The van der Waals surface area contributed by atoms with Gasteiger partial charge in [-0.15, -0.1) is 0 Å². The van der Waals surface area contributed by atoms with E-state index in [9.17, 15) is 19.4 Å². The van der Waals surface area contributed by atoms with Crippen LogP contribution in [-0.4, -0.2) is 64.9 Å². The van der Waals surface area contributed by atoms with Gasteiger partial charge in [0.15, 0.2) is 0 Å². The number of nitrogens with one attached hydrogen (secondary N) is 1. The first-order valence-corrected chi connectivity index (χ1v) is 11.4. The Labute approximate surface area is 173 Å². The van der Waals surface area contributed by atoms with Crippen molar-refractivity contribution >= 4 is 32.2 Å². The van der Waals surface area contributed by atoms with Crippen LogP contribution < -0.4 is 5.32 Å². The number of aliphatic hydroxyl groups excluding tert-OH is 1. The van der Waals surface area contributed by atoms with Crippen molar-refractivity contribution in [3.8, 4) is 0 Å². The normalized spacial score (nSPS) is 19.5. The van der Waals surface area contributed by atoms with Crippen molar-refractivity contribution in [2.45, 2.75) is 51.2 Å². The molecular weight excluding hydrogens is 360 g/mol. The number of hydrogen-bond donors (Lipinski definition) is 4. The van der Waals surface area contributed by atoms with E-state index in [1.54, 1.807) is 12.1 Å². The van der Waals surface area contributed by atoms with Gasteiger partial charge >= 0.3 is 24.8 Å². The summed E-state index contributed by atoms with van der Waals surface area (Å²) >= 11 is 0. The predicted molar refractivity (Wildman–Crippen MR) is 109 cm³/mol. The molecule has 148 valence electrons. The second-order valence-corrected chi connectivity index (χ2v) is 9.85. The molecule has 1 fully saturated rings. The van der Waals surface area contributed by atoms with Crippen LogP contribution in [-0.2, 0) is 4.57 Å². The zero-order valence-corrected chi connectivity index (χ0v) is 16.2. The van der Waals surface area contributed by atoms with E-state index in [4.69, 9.17) is 5.11 Å². The number of carbonyl (C=O) groups is 1. The molecule has 27 heavy (non-hydrogen) atoms. The van der Waals surface area contributed by atoms with Gasteiger partial charge in [-0.1, -0.05) is 31.4 Å². The Hall–Kier alpha value is -0.603. The van der Waals surface area contributed by atoms with Crippen LogP contribution >= 0.6 is 7.37 Å². The molecule has 0 spiro atoms. The summed E-state index contributed by atoms with van der Waals surface area (Å²) in [5.74, 6) is -0.680. The van der Waals surface area contributed by atoms with E-state index in [1.807, 2.05) is 13.0 Å². The van der Waals surface area contributed by atoms with Gasteiger partial charge in [0.25, 0.3) is 0 Å². The number of aliphatic hydroxyl groups is 1. The molecule has 0 bridgehead atoms. The first kappa shape index (κ1) is 24.4. The van der Waals surface area contributed by atoms with E-state index >= 15 is 0 Å². The van der Waals surface area contributed by atoms with Crippen molar-refractivity contribution in [2.75, 3.05) is 18.9 Å². The standard InChI is InChI=1S/C19H30NO5P.Li.H/c1-14(16-8-5-9-17(10-16)19(22)23)20-11-18(21)13-26(24,25)12-15-6-3-2-4-7-15;;/h5,8-10,14-15,18,20-21H,2-4,6-7,11-13H2,1H3,(H,22,23)(H,24,25);;/t14-,18-;;/m0../s1. The number of carboxylic acids is 1.